The Morgan fingerprint density at radius 3 is 2.62 bits per heavy atom. The third kappa shape index (κ3) is 6.45. The Labute approximate surface area is 281 Å². The fourth-order valence-electron chi connectivity index (χ4n) is 6.31. The van der Waals surface area contributed by atoms with Crippen LogP contribution in [0.1, 0.15) is 22.3 Å². The number of halogens is 1. The number of hydrogen-bond acceptors (Lipinski definition) is 9. The lowest BCUT2D eigenvalue weighted by molar-refractivity contribution is -0.157. The number of aromatic nitrogens is 1. The molecule has 4 amide bonds. The number of carbonyl (C=O) groups excluding carboxylic acids is 3. The van der Waals surface area contributed by atoms with E-state index in [0.29, 0.717) is 16.4 Å². The van der Waals surface area contributed by atoms with Crippen molar-refractivity contribution < 1.29 is 18.8 Å². The molecule has 3 heterocycles. The molecule has 4 aromatic rings. The van der Waals surface area contributed by atoms with Crippen LogP contribution in [0.25, 0.3) is 16.3 Å². The van der Waals surface area contributed by atoms with E-state index < -0.39 is 18.2 Å². The van der Waals surface area contributed by atoms with Gasteiger partial charge in [0.15, 0.2) is 5.13 Å². The molecule has 12 nitrogen and oxygen atoms in total. The number of urea groups is 1. The van der Waals surface area contributed by atoms with Gasteiger partial charge in [0.25, 0.3) is 0 Å². The number of fused-ring (bicyclic) bond motifs is 2. The number of hydrazine groups is 2. The maximum atomic E-state index is 14.3. The zero-order chi connectivity index (χ0) is 33.9. The zero-order valence-electron chi connectivity index (χ0n) is 26.1. The van der Waals surface area contributed by atoms with Crippen molar-refractivity contribution in [2.45, 2.75) is 31.7 Å². The number of anilines is 2. The quantitative estimate of drug-likeness (QED) is 0.107. The molecule has 0 spiro atoms. The van der Waals surface area contributed by atoms with E-state index in [0.717, 1.165) is 26.9 Å². The summed E-state index contributed by atoms with van der Waals surface area (Å²) in [4.78, 5) is 49.6. The second-order valence-electron chi connectivity index (χ2n) is 11.6. The van der Waals surface area contributed by atoms with Crippen LogP contribution in [0.4, 0.5) is 20.0 Å². The van der Waals surface area contributed by atoms with E-state index in [4.69, 9.17) is 11.6 Å². The molecular formula is C34H36FN9O3S. The molecule has 48 heavy (non-hydrogen) atoms. The third-order valence-corrected chi connectivity index (χ3v) is 9.42. The van der Waals surface area contributed by atoms with Gasteiger partial charge in [-0.3, -0.25) is 20.4 Å². The minimum atomic E-state index is -0.858. The second-order valence-corrected chi connectivity index (χ2v) is 12.6. The summed E-state index contributed by atoms with van der Waals surface area (Å²) < 4.78 is 14.3. The topological polar surface area (TPSA) is 153 Å². The molecule has 0 aliphatic carbocycles. The van der Waals surface area contributed by atoms with Crippen molar-refractivity contribution >= 4 is 56.3 Å². The molecule has 2 fully saturated rings. The fraction of sp³-hybridized carbons (Fsp3) is 0.235. The van der Waals surface area contributed by atoms with Gasteiger partial charge in [-0.05, 0) is 52.6 Å². The minimum absolute atomic E-state index is 0.110. The SMILES string of the molecule is C=CCN(C(=O)NCc1ccc(F)cc1)N1CC(=O)N2[C@@H](Cc3ccc(NN)c(C=C)c3)C(=O)N(Cc3cccc4sc(N)nc34)C[C@@H]21. The van der Waals surface area contributed by atoms with Crippen molar-refractivity contribution in [2.75, 3.05) is 30.8 Å². The van der Waals surface area contributed by atoms with Crippen LogP contribution in [-0.2, 0) is 29.1 Å². The summed E-state index contributed by atoms with van der Waals surface area (Å²) in [6.45, 7) is 8.21. The van der Waals surface area contributed by atoms with Crippen LogP contribution in [0, 0.1) is 5.82 Å². The average molecular weight is 670 g/mol. The van der Waals surface area contributed by atoms with Crippen LogP contribution in [0.5, 0.6) is 0 Å². The molecule has 0 saturated carbocycles. The van der Waals surface area contributed by atoms with Crippen molar-refractivity contribution in [3.05, 3.63) is 108 Å². The Morgan fingerprint density at radius 2 is 1.90 bits per heavy atom. The van der Waals surface area contributed by atoms with Crippen LogP contribution >= 0.6 is 11.3 Å². The number of nitrogens with one attached hydrogen (secondary N) is 2. The summed E-state index contributed by atoms with van der Waals surface area (Å²) in [7, 11) is 0. The van der Waals surface area contributed by atoms with Gasteiger partial charge in [-0.25, -0.2) is 14.2 Å². The normalized spacial score (nSPS) is 17.8. The molecule has 2 aliphatic heterocycles. The molecule has 2 saturated heterocycles. The number of nitrogens with zero attached hydrogens (tertiary/aromatic N) is 5. The summed E-state index contributed by atoms with van der Waals surface area (Å²) in [6, 6.07) is 15.8. The number of rotatable bonds is 11. The summed E-state index contributed by atoms with van der Waals surface area (Å²) in [5, 5.41) is 6.42. The number of para-hydroxylation sites is 1. The van der Waals surface area contributed by atoms with Gasteiger partial charge >= 0.3 is 6.03 Å². The number of benzene rings is 3. The highest BCUT2D eigenvalue weighted by Gasteiger charge is 2.52. The first-order valence-electron chi connectivity index (χ1n) is 15.3. The average Bonchev–Trinajstić information content (AvgIpc) is 3.63. The highest BCUT2D eigenvalue weighted by Crippen LogP contribution is 2.33. The first kappa shape index (κ1) is 32.6. The Kier molecular flexibility index (Phi) is 9.39. The van der Waals surface area contributed by atoms with E-state index in [1.165, 1.54) is 28.5 Å². The summed E-state index contributed by atoms with van der Waals surface area (Å²) >= 11 is 1.37. The standard InChI is InChI=1S/C34H36FN9O3S/c1-3-14-42(34(47)38-17-21-8-11-25(35)12-9-21)43-20-30(45)44-27(16-22-10-13-26(40-37)23(4-2)15-22)32(46)41(19-29(43)44)18-24-6-5-7-28-31(24)39-33(36)48-28/h3-13,15,27,29,40H,1-2,14,16-20,37H2,(H2,36,39)(H,38,47)/t27-,29+/m0/s1. The Morgan fingerprint density at radius 1 is 1.12 bits per heavy atom. The van der Waals surface area contributed by atoms with Crippen molar-refractivity contribution in [3.63, 3.8) is 0 Å². The lowest BCUT2D eigenvalue weighted by Crippen LogP contribution is -2.66. The van der Waals surface area contributed by atoms with E-state index in [2.05, 4.69) is 28.9 Å². The molecule has 6 N–H and O–H groups in total. The molecule has 3 aromatic carbocycles. The minimum Gasteiger partial charge on any atom is -0.375 e. The maximum absolute atomic E-state index is 14.3. The van der Waals surface area contributed by atoms with Crippen LogP contribution in [0.2, 0.25) is 0 Å². The van der Waals surface area contributed by atoms with E-state index in [1.54, 1.807) is 45.2 Å². The highest BCUT2D eigenvalue weighted by atomic mass is 32.1. The number of piperazine rings is 1. The summed E-state index contributed by atoms with van der Waals surface area (Å²) in [5.74, 6) is 4.79. The zero-order valence-corrected chi connectivity index (χ0v) is 27.0. The van der Waals surface area contributed by atoms with Crippen molar-refractivity contribution in [2.24, 2.45) is 5.84 Å². The van der Waals surface area contributed by atoms with Crippen molar-refractivity contribution in [1.29, 1.82) is 0 Å². The predicted molar refractivity (Wildman–Crippen MR) is 184 cm³/mol. The summed E-state index contributed by atoms with van der Waals surface area (Å²) in [5.41, 5.74) is 13.2. The highest BCUT2D eigenvalue weighted by molar-refractivity contribution is 7.22. The number of carbonyl (C=O) groups is 3. The molecule has 0 bridgehead atoms. The maximum Gasteiger partial charge on any atom is 0.332 e. The van der Waals surface area contributed by atoms with Gasteiger partial charge in [-0.1, -0.05) is 60.4 Å². The molecule has 1 aromatic heterocycles. The van der Waals surface area contributed by atoms with Gasteiger partial charge in [0.1, 0.15) is 18.0 Å². The number of hydrogen-bond donors (Lipinski definition) is 4. The molecule has 248 valence electrons. The van der Waals surface area contributed by atoms with Gasteiger partial charge in [0, 0.05) is 19.5 Å². The molecule has 2 aliphatic rings. The van der Waals surface area contributed by atoms with Gasteiger partial charge in [-0.2, -0.15) is 5.01 Å². The largest absolute Gasteiger partial charge is 0.375 e. The Hall–Kier alpha value is -5.31. The first-order chi connectivity index (χ1) is 23.2. The fourth-order valence-corrected chi connectivity index (χ4v) is 7.09. The lowest BCUT2D eigenvalue weighted by Gasteiger charge is -2.46. The third-order valence-electron chi connectivity index (χ3n) is 8.57. The number of thiazole rings is 1. The molecular weight excluding hydrogens is 633 g/mol. The molecule has 14 heteroatoms. The van der Waals surface area contributed by atoms with E-state index >= 15 is 0 Å². The first-order valence-corrected chi connectivity index (χ1v) is 16.2. The Bertz CT molecular complexity index is 1880. The van der Waals surface area contributed by atoms with E-state index in [-0.39, 0.29) is 56.8 Å². The van der Waals surface area contributed by atoms with Crippen LogP contribution < -0.4 is 22.3 Å². The van der Waals surface area contributed by atoms with Gasteiger partial charge in [0.2, 0.25) is 11.8 Å². The molecule has 0 radical (unpaired) electrons. The van der Waals surface area contributed by atoms with Gasteiger partial charge in [0.05, 0.1) is 35.5 Å². The molecule has 6 rings (SSSR count). The molecule has 0 unspecified atom stereocenters. The second kappa shape index (κ2) is 13.8. The lowest BCUT2D eigenvalue weighted by atomic mass is 9.98. The van der Waals surface area contributed by atoms with Gasteiger partial charge < -0.3 is 26.3 Å². The van der Waals surface area contributed by atoms with Crippen molar-refractivity contribution in [3.8, 4) is 0 Å². The Balaban J connectivity index is 1.33. The number of amides is 4. The number of nitrogens with two attached hydrogens (primary N) is 2. The summed E-state index contributed by atoms with van der Waals surface area (Å²) in [6.07, 6.45) is 2.81. The smallest absolute Gasteiger partial charge is 0.332 e. The van der Waals surface area contributed by atoms with Crippen molar-refractivity contribution in [1.82, 2.24) is 30.1 Å². The van der Waals surface area contributed by atoms with Crippen LogP contribution in [-0.4, -0.2) is 74.5 Å². The van der Waals surface area contributed by atoms with Gasteiger partial charge in [-0.15, -0.1) is 6.58 Å². The molecule has 2 atom stereocenters. The van der Waals surface area contributed by atoms with E-state index in [9.17, 15) is 18.8 Å². The predicted octanol–water partition coefficient (Wildman–Crippen LogP) is 3.68. The van der Waals surface area contributed by atoms with Crippen LogP contribution in [0.15, 0.2) is 79.9 Å². The monoisotopic (exact) mass is 669 g/mol. The number of nitrogen functional groups attached to an aromatic ring is 2. The van der Waals surface area contributed by atoms with E-state index in [1.807, 2.05) is 30.3 Å². The van der Waals surface area contributed by atoms with Crippen LogP contribution in [0.3, 0.4) is 0 Å².